The van der Waals surface area contributed by atoms with Crippen molar-refractivity contribution in [2.24, 2.45) is 0 Å². The van der Waals surface area contributed by atoms with Crippen LogP contribution in [0.25, 0.3) is 0 Å². The number of pyridine rings is 1. The summed E-state index contributed by atoms with van der Waals surface area (Å²) in [5.41, 5.74) is 0.650. The molecule has 1 saturated heterocycles. The van der Waals surface area contributed by atoms with Gasteiger partial charge in [0.25, 0.3) is 5.91 Å². The molecule has 1 aliphatic rings. The minimum Gasteiger partial charge on any atom is -0.478 e. The van der Waals surface area contributed by atoms with Crippen molar-refractivity contribution in [3.8, 4) is 0 Å². The lowest BCUT2D eigenvalue weighted by atomic mass is 10.1. The number of ether oxygens (including phenoxy) is 2. The first-order chi connectivity index (χ1) is 11.1. The Balaban J connectivity index is 1.70. The Morgan fingerprint density at radius 1 is 1.39 bits per heavy atom. The first-order valence-electron chi connectivity index (χ1n) is 7.76. The van der Waals surface area contributed by atoms with E-state index >= 15 is 0 Å². The molecule has 2 N–H and O–H groups in total. The fraction of sp³-hybridized carbons (Fsp3) is 0.562. The van der Waals surface area contributed by atoms with E-state index in [1.54, 1.807) is 6.92 Å². The molecule has 1 aromatic rings. The Kier molecular flexibility index (Phi) is 6.49. The molecular weight excluding hydrogens is 300 g/mol. The van der Waals surface area contributed by atoms with Crippen LogP contribution in [0.15, 0.2) is 12.1 Å². The zero-order chi connectivity index (χ0) is 16.7. The summed E-state index contributed by atoms with van der Waals surface area (Å²) in [6, 6.07) is 2.82. The first-order valence-corrected chi connectivity index (χ1v) is 7.76. The van der Waals surface area contributed by atoms with Gasteiger partial charge in [-0.3, -0.25) is 4.79 Å². The van der Waals surface area contributed by atoms with Crippen LogP contribution < -0.4 is 5.32 Å². The maximum absolute atomic E-state index is 12.0. The number of aromatic nitrogens is 1. The number of hydrogen-bond acceptors (Lipinski definition) is 5. The lowest BCUT2D eigenvalue weighted by Crippen LogP contribution is -2.28. The van der Waals surface area contributed by atoms with E-state index in [4.69, 9.17) is 14.6 Å². The summed E-state index contributed by atoms with van der Waals surface area (Å²) in [4.78, 5) is 26.9. The minimum atomic E-state index is -1.05. The molecule has 0 unspecified atom stereocenters. The third-order valence-corrected chi connectivity index (χ3v) is 3.68. The molecule has 0 atom stereocenters. The van der Waals surface area contributed by atoms with Crippen molar-refractivity contribution in [1.29, 1.82) is 0 Å². The van der Waals surface area contributed by atoms with E-state index in [9.17, 15) is 9.59 Å². The average molecular weight is 322 g/mol. The zero-order valence-corrected chi connectivity index (χ0v) is 13.2. The molecule has 7 nitrogen and oxygen atoms in total. The third-order valence-electron chi connectivity index (χ3n) is 3.68. The maximum Gasteiger partial charge on any atom is 0.337 e. The lowest BCUT2D eigenvalue weighted by Gasteiger charge is -2.22. The second-order valence-electron chi connectivity index (χ2n) is 5.43. The van der Waals surface area contributed by atoms with Crippen LogP contribution in [0.4, 0.5) is 0 Å². The number of nitrogens with one attached hydrogen (secondary N) is 1. The second-order valence-corrected chi connectivity index (χ2v) is 5.43. The van der Waals surface area contributed by atoms with E-state index in [0.29, 0.717) is 18.8 Å². The van der Waals surface area contributed by atoms with Crippen LogP contribution >= 0.6 is 0 Å². The van der Waals surface area contributed by atoms with Crippen molar-refractivity contribution in [3.05, 3.63) is 29.1 Å². The van der Waals surface area contributed by atoms with Gasteiger partial charge in [0, 0.05) is 26.4 Å². The number of carbonyl (C=O) groups excluding carboxylic acids is 1. The molecule has 23 heavy (non-hydrogen) atoms. The molecule has 126 valence electrons. The SMILES string of the molecule is Cc1nc(C(=O)NCCCOC2CCOCC2)ccc1C(=O)O. The first kappa shape index (κ1) is 17.4. The fourth-order valence-electron chi connectivity index (χ4n) is 2.37. The highest BCUT2D eigenvalue weighted by Crippen LogP contribution is 2.10. The Morgan fingerprint density at radius 2 is 2.13 bits per heavy atom. The summed E-state index contributed by atoms with van der Waals surface area (Å²) < 4.78 is 11.0. The molecule has 1 amide bonds. The number of aryl methyl sites for hydroxylation is 1. The van der Waals surface area contributed by atoms with Crippen LogP contribution in [0.1, 0.15) is 45.8 Å². The van der Waals surface area contributed by atoms with E-state index in [1.807, 2.05) is 0 Å². The number of aromatic carboxylic acids is 1. The zero-order valence-electron chi connectivity index (χ0n) is 13.2. The molecule has 0 aromatic carbocycles. The number of carboxylic acids is 1. The summed E-state index contributed by atoms with van der Waals surface area (Å²) in [6.07, 6.45) is 2.82. The highest BCUT2D eigenvalue weighted by molar-refractivity contribution is 5.94. The summed E-state index contributed by atoms with van der Waals surface area (Å²) in [6.45, 7) is 4.15. The van der Waals surface area contributed by atoms with Crippen molar-refractivity contribution in [2.45, 2.75) is 32.3 Å². The quantitative estimate of drug-likeness (QED) is 0.737. The van der Waals surface area contributed by atoms with Gasteiger partial charge >= 0.3 is 5.97 Å². The molecule has 1 aromatic heterocycles. The Morgan fingerprint density at radius 3 is 2.78 bits per heavy atom. The molecule has 2 rings (SSSR count). The smallest absolute Gasteiger partial charge is 0.337 e. The van der Waals surface area contributed by atoms with Gasteiger partial charge in [0.2, 0.25) is 0 Å². The normalized spacial score (nSPS) is 15.3. The summed E-state index contributed by atoms with van der Waals surface area (Å²) in [5, 5.41) is 11.7. The lowest BCUT2D eigenvalue weighted by molar-refractivity contribution is -0.0321. The topological polar surface area (TPSA) is 97.8 Å². The van der Waals surface area contributed by atoms with Gasteiger partial charge in [0.1, 0.15) is 5.69 Å². The molecule has 0 radical (unpaired) electrons. The van der Waals surface area contributed by atoms with Gasteiger partial charge in [-0.2, -0.15) is 0 Å². The van der Waals surface area contributed by atoms with E-state index in [1.165, 1.54) is 12.1 Å². The van der Waals surface area contributed by atoms with E-state index in [0.717, 1.165) is 32.5 Å². The number of nitrogens with zero attached hydrogens (tertiary/aromatic N) is 1. The second kappa shape index (κ2) is 8.59. The number of carbonyl (C=O) groups is 2. The Hall–Kier alpha value is -1.99. The monoisotopic (exact) mass is 322 g/mol. The largest absolute Gasteiger partial charge is 0.478 e. The molecule has 0 aliphatic carbocycles. The molecule has 0 spiro atoms. The van der Waals surface area contributed by atoms with Crippen LogP contribution in [-0.2, 0) is 9.47 Å². The molecule has 7 heteroatoms. The molecular formula is C16H22N2O5. The van der Waals surface area contributed by atoms with Gasteiger partial charge in [-0.15, -0.1) is 0 Å². The van der Waals surface area contributed by atoms with E-state index in [2.05, 4.69) is 10.3 Å². The van der Waals surface area contributed by atoms with Crippen LogP contribution in [0, 0.1) is 6.92 Å². The summed E-state index contributed by atoms with van der Waals surface area (Å²) in [7, 11) is 0. The van der Waals surface area contributed by atoms with Gasteiger partial charge in [0.05, 0.1) is 17.4 Å². The third kappa shape index (κ3) is 5.30. The summed E-state index contributed by atoms with van der Waals surface area (Å²) in [5.74, 6) is -1.36. The maximum atomic E-state index is 12.0. The number of hydrogen-bond donors (Lipinski definition) is 2. The van der Waals surface area contributed by atoms with Crippen molar-refractivity contribution in [3.63, 3.8) is 0 Å². The standard InChI is InChI=1S/C16H22N2O5/c1-11-13(16(20)21)3-4-14(18-11)15(19)17-7-2-8-23-12-5-9-22-10-6-12/h3-4,12H,2,5-10H2,1H3,(H,17,19)(H,20,21). The van der Waals surface area contributed by atoms with Crippen molar-refractivity contribution in [1.82, 2.24) is 10.3 Å². The highest BCUT2D eigenvalue weighted by Gasteiger charge is 2.14. The van der Waals surface area contributed by atoms with Gasteiger partial charge < -0.3 is 19.9 Å². The van der Waals surface area contributed by atoms with E-state index in [-0.39, 0.29) is 23.3 Å². The van der Waals surface area contributed by atoms with Crippen LogP contribution in [0.5, 0.6) is 0 Å². The Bertz CT molecular complexity index is 555. The van der Waals surface area contributed by atoms with Crippen LogP contribution in [0.3, 0.4) is 0 Å². The van der Waals surface area contributed by atoms with Gasteiger partial charge in [-0.1, -0.05) is 0 Å². The number of amides is 1. The minimum absolute atomic E-state index is 0.103. The average Bonchev–Trinajstić information content (AvgIpc) is 2.55. The van der Waals surface area contributed by atoms with Crippen molar-refractivity contribution in [2.75, 3.05) is 26.4 Å². The molecule has 0 bridgehead atoms. The fourth-order valence-corrected chi connectivity index (χ4v) is 2.37. The molecule has 2 heterocycles. The predicted molar refractivity (Wildman–Crippen MR) is 82.7 cm³/mol. The predicted octanol–water partition coefficient (Wildman–Crippen LogP) is 1.40. The van der Waals surface area contributed by atoms with E-state index < -0.39 is 5.97 Å². The number of rotatable bonds is 7. The van der Waals surface area contributed by atoms with Gasteiger partial charge in [-0.05, 0) is 38.3 Å². The van der Waals surface area contributed by atoms with Gasteiger partial charge in [-0.25, -0.2) is 9.78 Å². The number of carboxylic acid groups (broad SMARTS) is 1. The Labute approximate surface area is 135 Å². The van der Waals surface area contributed by atoms with Crippen LogP contribution in [-0.4, -0.2) is 54.4 Å². The molecule has 1 fully saturated rings. The van der Waals surface area contributed by atoms with Crippen LogP contribution in [0.2, 0.25) is 0 Å². The van der Waals surface area contributed by atoms with Crippen molar-refractivity contribution < 1.29 is 24.2 Å². The summed E-state index contributed by atoms with van der Waals surface area (Å²) >= 11 is 0. The molecule has 0 saturated carbocycles. The highest BCUT2D eigenvalue weighted by atomic mass is 16.5. The van der Waals surface area contributed by atoms with Crippen molar-refractivity contribution >= 4 is 11.9 Å². The molecule has 1 aliphatic heterocycles. The van der Waals surface area contributed by atoms with Gasteiger partial charge in [0.15, 0.2) is 0 Å².